The van der Waals surface area contributed by atoms with Crippen LogP contribution in [0.2, 0.25) is 0 Å². The van der Waals surface area contributed by atoms with Crippen LogP contribution in [0.25, 0.3) is 0 Å². The summed E-state index contributed by atoms with van der Waals surface area (Å²) in [7, 11) is 0. The molecule has 0 spiro atoms. The molecule has 2 N–H and O–H groups in total. The minimum Gasteiger partial charge on any atom is -0.652 e. The first-order chi connectivity index (χ1) is 6.93. The summed E-state index contributed by atoms with van der Waals surface area (Å²) in [6, 6.07) is 0. The molecule has 0 rings (SSSR count). The molecule has 0 aromatic carbocycles. The van der Waals surface area contributed by atoms with Crippen LogP contribution in [0.1, 0.15) is 0 Å². The first-order valence-electron chi connectivity index (χ1n) is 2.45. The van der Waals surface area contributed by atoms with Gasteiger partial charge >= 0.3 is 145 Å². The molecule has 0 amide bonds. The normalized spacial score (nSPS) is 4.57. The average molecular weight is 498 g/mol. The zero-order valence-corrected chi connectivity index (χ0v) is 20.9. The molecule has 0 bridgehead atoms. The molecular formula is C4H2CaNaO13SrY. The second-order valence-electron chi connectivity index (χ2n) is 1.00. The standard InChI is InChI=1S/4CH2O3.Ca.Na.H2O.Sr.Y/c4*2-1(3)4;;;;;/h4*(H2,2,3,4);;;1H2;;/q;;;;+2;+1;;+2;+3/p-8. The number of hydrogen-bond donors (Lipinski definition) is 0. The summed E-state index contributed by atoms with van der Waals surface area (Å²) in [5.41, 5.74) is 0. The molecule has 0 aromatic rings. The summed E-state index contributed by atoms with van der Waals surface area (Å²) in [4.78, 5) is 33.3. The Morgan fingerprint density at radius 3 is 0.524 bits per heavy atom. The van der Waals surface area contributed by atoms with E-state index >= 15 is 0 Å². The molecule has 0 aliphatic carbocycles. The molecule has 104 valence electrons. The summed E-state index contributed by atoms with van der Waals surface area (Å²) in [5.74, 6) is 0. The maximum atomic E-state index is 8.33. The van der Waals surface area contributed by atoms with Gasteiger partial charge in [0, 0.05) is 0 Å². The van der Waals surface area contributed by atoms with E-state index in [2.05, 4.69) is 0 Å². The first-order valence-corrected chi connectivity index (χ1v) is 2.45. The van der Waals surface area contributed by atoms with Gasteiger partial charge < -0.3 is 65.5 Å². The Bertz CT molecular complexity index is 176. The molecule has 0 heterocycles. The van der Waals surface area contributed by atoms with Gasteiger partial charge in [-0.3, -0.25) is 0 Å². The Morgan fingerprint density at radius 1 is 0.524 bits per heavy atom. The van der Waals surface area contributed by atoms with Crippen LogP contribution in [0.4, 0.5) is 19.2 Å². The Balaban J connectivity index is -0.0000000121. The minimum absolute atomic E-state index is 0. The fraction of sp³-hybridized carbons (Fsp3) is 0. The van der Waals surface area contributed by atoms with E-state index in [1.165, 1.54) is 0 Å². The predicted octanol–water partition coefficient (Wildman–Crippen LogP) is -14.4. The first kappa shape index (κ1) is 56.9. The Hall–Kier alpha value is 1.88. The second-order valence-corrected chi connectivity index (χ2v) is 1.00. The maximum Gasteiger partial charge on any atom is 3.00 e. The fourth-order valence-electron chi connectivity index (χ4n) is 0. The van der Waals surface area contributed by atoms with Crippen molar-refractivity contribution in [1.82, 2.24) is 0 Å². The van der Waals surface area contributed by atoms with Crippen molar-refractivity contribution in [3.05, 3.63) is 0 Å². The van der Waals surface area contributed by atoms with Crippen molar-refractivity contribution in [2.45, 2.75) is 0 Å². The van der Waals surface area contributed by atoms with E-state index < -0.39 is 24.6 Å². The van der Waals surface area contributed by atoms with Gasteiger partial charge in [0.2, 0.25) is 0 Å². The van der Waals surface area contributed by atoms with E-state index in [4.69, 9.17) is 60.0 Å². The predicted molar refractivity (Wildman–Crippen MR) is 36.7 cm³/mol. The molecule has 0 fully saturated rings. The molecule has 21 heavy (non-hydrogen) atoms. The molecule has 0 aromatic heterocycles. The van der Waals surface area contributed by atoms with Crippen LogP contribution >= 0.6 is 0 Å². The van der Waals surface area contributed by atoms with Gasteiger partial charge in [0.25, 0.3) is 0 Å². The molecule has 0 aliphatic rings. The van der Waals surface area contributed by atoms with E-state index in [9.17, 15) is 0 Å². The van der Waals surface area contributed by atoms with Crippen molar-refractivity contribution in [3.8, 4) is 0 Å². The van der Waals surface area contributed by atoms with Crippen molar-refractivity contribution in [2.75, 3.05) is 0 Å². The van der Waals surface area contributed by atoms with E-state index in [1.807, 2.05) is 0 Å². The van der Waals surface area contributed by atoms with Gasteiger partial charge in [-0.15, -0.1) is 0 Å². The third kappa shape index (κ3) is 2440. The molecule has 17 heteroatoms. The van der Waals surface area contributed by atoms with Gasteiger partial charge in [-0.25, -0.2) is 0 Å². The van der Waals surface area contributed by atoms with E-state index in [-0.39, 0.29) is 151 Å². The zero-order chi connectivity index (χ0) is 14.3. The number of carboxylic acid groups (broad SMARTS) is 8. The van der Waals surface area contributed by atoms with Crippen LogP contribution in [-0.4, -0.2) is 113 Å². The van der Waals surface area contributed by atoms with Crippen molar-refractivity contribution >= 4 is 108 Å². The van der Waals surface area contributed by atoms with E-state index in [0.717, 1.165) is 0 Å². The Labute approximate surface area is 231 Å². The van der Waals surface area contributed by atoms with Crippen molar-refractivity contribution < 1.29 is 128 Å². The number of carbonyl (C=O) groups excluding carboxylic acids is 4. The molecule has 0 saturated carbocycles. The van der Waals surface area contributed by atoms with Crippen LogP contribution in [0, 0.1) is 0 Å². The molecule has 13 nitrogen and oxygen atoms in total. The fourth-order valence-corrected chi connectivity index (χ4v) is 0. The Kier molecular flexibility index (Phi) is 134. The van der Waals surface area contributed by atoms with Gasteiger partial charge in [-0.05, 0) is 24.6 Å². The van der Waals surface area contributed by atoms with Gasteiger partial charge in [0.05, 0.1) is 0 Å². The maximum absolute atomic E-state index is 8.33. The summed E-state index contributed by atoms with van der Waals surface area (Å²) < 4.78 is 0. The van der Waals surface area contributed by atoms with Gasteiger partial charge in [-0.2, -0.15) is 0 Å². The summed E-state index contributed by atoms with van der Waals surface area (Å²) in [6.07, 6.45) is -9.33. The van der Waals surface area contributed by atoms with Gasteiger partial charge in [-0.1, -0.05) is 0 Å². The van der Waals surface area contributed by atoms with Crippen molar-refractivity contribution in [3.63, 3.8) is 0 Å². The van der Waals surface area contributed by atoms with Crippen LogP contribution in [0.3, 0.4) is 0 Å². The van der Waals surface area contributed by atoms with Crippen molar-refractivity contribution in [1.29, 1.82) is 0 Å². The smallest absolute Gasteiger partial charge is 0.652 e. The SMILES string of the molecule is O.O=C([O-])[O-].O=C([O-])[O-].O=C([O-])[O-].O=C([O-])[O-].[Ca+2].[Na+].[Sr+2].[Y+3]. The number of carbonyl (C=O) groups is 4. The van der Waals surface area contributed by atoms with Crippen molar-refractivity contribution in [2.24, 2.45) is 0 Å². The minimum atomic E-state index is -2.33. The Morgan fingerprint density at radius 2 is 0.524 bits per heavy atom. The molecule has 0 atom stereocenters. The van der Waals surface area contributed by atoms with Crippen LogP contribution < -0.4 is 70.4 Å². The number of rotatable bonds is 0. The third-order valence-electron chi connectivity index (χ3n) is 0. The second kappa shape index (κ2) is 49.5. The summed E-state index contributed by atoms with van der Waals surface area (Å²) in [5, 5.41) is 66.7. The van der Waals surface area contributed by atoms with E-state index in [0.29, 0.717) is 0 Å². The molecular weight excluding hydrogens is 496 g/mol. The monoisotopic (exact) mass is 498 g/mol. The number of hydrogen-bond acceptors (Lipinski definition) is 12. The molecule has 0 aliphatic heterocycles. The average Bonchev–Trinajstić information content (AvgIpc) is 1.76. The van der Waals surface area contributed by atoms with Gasteiger partial charge in [0.15, 0.2) is 0 Å². The van der Waals surface area contributed by atoms with Crippen LogP contribution in [0.15, 0.2) is 0 Å². The van der Waals surface area contributed by atoms with E-state index in [1.54, 1.807) is 0 Å². The molecule has 0 unspecified atom stereocenters. The summed E-state index contributed by atoms with van der Waals surface area (Å²) in [6.45, 7) is 0. The third-order valence-corrected chi connectivity index (χ3v) is 0. The summed E-state index contributed by atoms with van der Waals surface area (Å²) >= 11 is 0. The largest absolute Gasteiger partial charge is 3.00 e. The topological polar surface area (TPSA) is 284 Å². The van der Waals surface area contributed by atoms with Crippen LogP contribution in [-0.2, 0) is 32.7 Å². The quantitative estimate of drug-likeness (QED) is 0.282. The van der Waals surface area contributed by atoms with Crippen LogP contribution in [0.5, 0.6) is 0 Å². The molecule has 0 radical (unpaired) electrons. The van der Waals surface area contributed by atoms with Gasteiger partial charge in [0.1, 0.15) is 0 Å². The zero-order valence-electron chi connectivity index (χ0n) is 10.4. The molecule has 0 saturated heterocycles.